The molecule has 1 aliphatic heterocycles. The highest BCUT2D eigenvalue weighted by Gasteiger charge is 2.46. The number of carbonyl (C=O) groups is 2. The van der Waals surface area contributed by atoms with Crippen LogP contribution in [-0.4, -0.2) is 45.2 Å². The Labute approximate surface area is 194 Å². The van der Waals surface area contributed by atoms with E-state index in [-0.39, 0.29) is 6.42 Å². The zero-order valence-corrected chi connectivity index (χ0v) is 18.0. The minimum Gasteiger partial charge on any atom is -0.503 e. The maximum absolute atomic E-state index is 13.9. The van der Waals surface area contributed by atoms with E-state index in [1.807, 2.05) is 0 Å². The third kappa shape index (κ3) is 4.58. The minimum atomic E-state index is -4.71. The molecule has 1 aliphatic carbocycles. The van der Waals surface area contributed by atoms with Crippen molar-refractivity contribution in [1.29, 1.82) is 0 Å². The number of aromatic nitrogens is 1. The maximum atomic E-state index is 13.9. The van der Waals surface area contributed by atoms with Crippen LogP contribution in [0.25, 0.3) is 0 Å². The molecule has 1 fully saturated rings. The Bertz CT molecular complexity index is 1240. The van der Waals surface area contributed by atoms with Gasteiger partial charge in [-0.2, -0.15) is 13.2 Å². The first-order valence-electron chi connectivity index (χ1n) is 10.7. The van der Waals surface area contributed by atoms with Crippen molar-refractivity contribution >= 4 is 11.8 Å². The number of hydrogen-bond acceptors (Lipinski definition) is 4. The van der Waals surface area contributed by atoms with Gasteiger partial charge in [-0.25, -0.2) is 13.2 Å². The van der Waals surface area contributed by atoms with Gasteiger partial charge in [0.15, 0.2) is 11.4 Å². The molecule has 4 rings (SSSR count). The van der Waals surface area contributed by atoms with Gasteiger partial charge in [-0.05, 0) is 12.8 Å². The molecular formula is C22H19F6N3O4. The normalized spacial score (nSPS) is 19.8. The number of pyridine rings is 1. The second kappa shape index (κ2) is 8.93. The topological polar surface area (TPSA) is 91.6 Å². The molecule has 2 aromatic rings. The number of amides is 2. The number of benzene rings is 1. The van der Waals surface area contributed by atoms with Crippen LogP contribution >= 0.6 is 0 Å². The van der Waals surface area contributed by atoms with Crippen LogP contribution in [-0.2, 0) is 6.54 Å². The summed E-state index contributed by atoms with van der Waals surface area (Å²) in [6.45, 7) is -2.32. The van der Waals surface area contributed by atoms with Crippen LogP contribution in [0.3, 0.4) is 0 Å². The quantitative estimate of drug-likeness (QED) is 0.626. The highest BCUT2D eigenvalue weighted by molar-refractivity contribution is 5.99. The van der Waals surface area contributed by atoms with Crippen LogP contribution < -0.4 is 10.7 Å². The molecular weight excluding hydrogens is 484 g/mol. The number of hydrogen-bond donors (Lipinski definition) is 2. The molecule has 7 nitrogen and oxygen atoms in total. The second-order valence-electron chi connectivity index (χ2n) is 8.47. The molecule has 2 aliphatic rings. The van der Waals surface area contributed by atoms with Gasteiger partial charge in [-0.3, -0.25) is 14.4 Å². The Morgan fingerprint density at radius 1 is 1.06 bits per heavy atom. The monoisotopic (exact) mass is 503 g/mol. The Balaban J connectivity index is 1.70. The number of alkyl halides is 3. The standard InChI is InChI=1S/C22H19F6N3O4/c23-10-5-13(24)11(14(25)6-10)7-29-20(34)12-8-30-15-3-1-2-4-16(15)31(9-22(26,27)28)21(35)17(30)19(33)18(12)32/h5-6,8,15-16,33H,1-4,7,9H2,(H,29,34)/t15-,16+/m0/s1. The lowest BCUT2D eigenvalue weighted by Gasteiger charge is -2.46. The van der Waals surface area contributed by atoms with Crippen LogP contribution in [0.4, 0.5) is 26.3 Å². The molecule has 35 heavy (non-hydrogen) atoms. The molecule has 1 aromatic heterocycles. The number of nitrogens with zero attached hydrogens (tertiary/aromatic N) is 2. The predicted octanol–water partition coefficient (Wildman–Crippen LogP) is 3.40. The van der Waals surface area contributed by atoms with Crippen LogP contribution in [0.5, 0.6) is 5.75 Å². The molecule has 188 valence electrons. The summed E-state index contributed by atoms with van der Waals surface area (Å²) in [6.07, 6.45) is -1.99. The number of fused-ring (bicyclic) bond motifs is 3. The number of rotatable bonds is 4. The molecule has 0 spiro atoms. The Morgan fingerprint density at radius 2 is 1.66 bits per heavy atom. The van der Waals surface area contributed by atoms with Crippen LogP contribution in [0.15, 0.2) is 23.1 Å². The van der Waals surface area contributed by atoms with Gasteiger partial charge in [-0.1, -0.05) is 12.8 Å². The molecule has 1 saturated carbocycles. The molecule has 2 heterocycles. The van der Waals surface area contributed by atoms with E-state index in [0.717, 1.165) is 10.8 Å². The van der Waals surface area contributed by atoms with E-state index in [2.05, 4.69) is 5.32 Å². The van der Waals surface area contributed by atoms with Crippen molar-refractivity contribution in [3.8, 4) is 5.75 Å². The van der Waals surface area contributed by atoms with Gasteiger partial charge in [0.2, 0.25) is 5.43 Å². The van der Waals surface area contributed by atoms with Crippen molar-refractivity contribution in [2.75, 3.05) is 6.54 Å². The average molecular weight is 503 g/mol. The van der Waals surface area contributed by atoms with E-state index >= 15 is 0 Å². The molecule has 13 heteroatoms. The van der Waals surface area contributed by atoms with Gasteiger partial charge in [-0.15, -0.1) is 0 Å². The molecule has 1 aromatic carbocycles. The van der Waals surface area contributed by atoms with Gasteiger partial charge in [0.1, 0.15) is 29.6 Å². The van der Waals surface area contributed by atoms with E-state index < -0.39 is 88.6 Å². The largest absolute Gasteiger partial charge is 0.503 e. The molecule has 2 N–H and O–H groups in total. The summed E-state index contributed by atoms with van der Waals surface area (Å²) in [5, 5.41) is 12.6. The van der Waals surface area contributed by atoms with Crippen molar-refractivity contribution < 1.29 is 41.0 Å². The first-order chi connectivity index (χ1) is 16.4. The van der Waals surface area contributed by atoms with E-state index in [1.165, 1.54) is 0 Å². The Kier molecular flexibility index (Phi) is 6.28. The van der Waals surface area contributed by atoms with E-state index in [0.29, 0.717) is 36.3 Å². The van der Waals surface area contributed by atoms with Crippen LogP contribution in [0.1, 0.15) is 58.1 Å². The zero-order valence-electron chi connectivity index (χ0n) is 18.0. The average Bonchev–Trinajstić information content (AvgIpc) is 2.76. The van der Waals surface area contributed by atoms with E-state index in [4.69, 9.17) is 0 Å². The smallest absolute Gasteiger partial charge is 0.406 e. The molecule has 0 saturated heterocycles. The van der Waals surface area contributed by atoms with Gasteiger partial charge in [0, 0.05) is 30.4 Å². The molecule has 2 atom stereocenters. The van der Waals surface area contributed by atoms with Crippen molar-refractivity contribution in [2.45, 2.75) is 50.5 Å². The van der Waals surface area contributed by atoms with E-state index in [9.17, 15) is 45.8 Å². The summed E-state index contributed by atoms with van der Waals surface area (Å²) < 4.78 is 81.4. The van der Waals surface area contributed by atoms with Crippen molar-refractivity contribution in [3.63, 3.8) is 0 Å². The summed E-state index contributed by atoms with van der Waals surface area (Å²) >= 11 is 0. The van der Waals surface area contributed by atoms with Crippen LogP contribution in [0, 0.1) is 17.5 Å². The van der Waals surface area contributed by atoms with Gasteiger partial charge >= 0.3 is 6.18 Å². The van der Waals surface area contributed by atoms with Crippen molar-refractivity contribution in [1.82, 2.24) is 14.8 Å². The van der Waals surface area contributed by atoms with Crippen LogP contribution in [0.2, 0.25) is 0 Å². The zero-order chi connectivity index (χ0) is 25.7. The molecule has 0 bridgehead atoms. The molecule has 0 radical (unpaired) electrons. The summed E-state index contributed by atoms with van der Waals surface area (Å²) in [7, 11) is 0. The number of aromatic hydroxyl groups is 1. The fourth-order valence-electron chi connectivity index (χ4n) is 4.71. The fourth-order valence-corrected chi connectivity index (χ4v) is 4.71. The van der Waals surface area contributed by atoms with Gasteiger partial charge in [0.05, 0.1) is 12.1 Å². The lowest BCUT2D eigenvalue weighted by Crippen LogP contribution is -2.55. The van der Waals surface area contributed by atoms with Crippen molar-refractivity contribution in [2.24, 2.45) is 0 Å². The van der Waals surface area contributed by atoms with Gasteiger partial charge in [0.25, 0.3) is 11.8 Å². The third-order valence-electron chi connectivity index (χ3n) is 6.25. The maximum Gasteiger partial charge on any atom is 0.406 e. The summed E-state index contributed by atoms with van der Waals surface area (Å²) in [5.41, 5.74) is -3.33. The highest BCUT2D eigenvalue weighted by Crippen LogP contribution is 2.40. The summed E-state index contributed by atoms with van der Waals surface area (Å²) in [4.78, 5) is 38.8. The number of nitrogens with one attached hydrogen (secondary N) is 1. The summed E-state index contributed by atoms with van der Waals surface area (Å²) in [6, 6.07) is -0.786. The Morgan fingerprint density at radius 3 is 2.26 bits per heavy atom. The first-order valence-corrected chi connectivity index (χ1v) is 10.7. The Hall–Kier alpha value is -3.51. The summed E-state index contributed by atoms with van der Waals surface area (Å²) in [5.74, 6) is -7.25. The lowest BCUT2D eigenvalue weighted by molar-refractivity contribution is -0.148. The minimum absolute atomic E-state index is 0.253. The highest BCUT2D eigenvalue weighted by atomic mass is 19.4. The van der Waals surface area contributed by atoms with Crippen molar-refractivity contribution in [3.05, 3.63) is 62.8 Å². The SMILES string of the molecule is O=C(NCc1c(F)cc(F)cc1F)c1cn2c(c(O)c1=O)C(=O)N(CC(F)(F)F)[C@@H]1CCCC[C@@H]12. The third-order valence-corrected chi connectivity index (χ3v) is 6.25. The number of carbonyl (C=O) groups excluding carboxylic acids is 2. The molecule has 0 unspecified atom stereocenters. The fraction of sp³-hybridized carbons (Fsp3) is 0.409. The van der Waals surface area contributed by atoms with E-state index in [1.54, 1.807) is 0 Å². The predicted molar refractivity (Wildman–Crippen MR) is 108 cm³/mol. The van der Waals surface area contributed by atoms with Gasteiger partial charge < -0.3 is 19.9 Å². The lowest BCUT2D eigenvalue weighted by atomic mass is 9.86. The second-order valence-corrected chi connectivity index (χ2v) is 8.47. The molecule has 2 amide bonds. The number of halogens is 6. The first kappa shape index (κ1) is 24.6.